The quantitative estimate of drug-likeness (QED) is 0.408. The molecule has 0 spiro atoms. The number of rotatable bonds is 8. The van der Waals surface area contributed by atoms with Gasteiger partial charge in [0.2, 0.25) is 0 Å². The first-order valence-electron chi connectivity index (χ1n) is 6.61. The first-order valence-corrected chi connectivity index (χ1v) is 7.06. The Morgan fingerprint density at radius 2 is 1.47 bits per heavy atom. The molecule has 17 heavy (non-hydrogen) atoms. The van der Waals surface area contributed by atoms with Crippen LogP contribution in [0.4, 0.5) is 0 Å². The Labute approximate surface area is 142 Å². The molecule has 0 aliphatic heterocycles. The molecule has 2 heteroatoms. The topological polar surface area (TPSA) is 0 Å². The maximum atomic E-state index is 4.47. The number of hydrogen-bond acceptors (Lipinski definition) is 1. The van der Waals surface area contributed by atoms with E-state index in [2.05, 4.69) is 43.8 Å². The van der Waals surface area contributed by atoms with Gasteiger partial charge in [0, 0.05) is 4.90 Å². The Morgan fingerprint density at radius 3 is 2.12 bits per heavy atom. The van der Waals surface area contributed by atoms with Gasteiger partial charge < -0.3 is 0 Å². The van der Waals surface area contributed by atoms with E-state index in [1.807, 2.05) is 0 Å². The van der Waals surface area contributed by atoms with Crippen molar-refractivity contribution < 1.29 is 0 Å². The summed E-state index contributed by atoms with van der Waals surface area (Å²) in [5.41, 5.74) is 1.40. The van der Waals surface area contributed by atoms with Crippen LogP contribution in [0.2, 0.25) is 0 Å². The SMILES string of the molecule is CCCCCCCCCc1ccccc1S.[CaH2]. The summed E-state index contributed by atoms with van der Waals surface area (Å²) in [7, 11) is 0. The Hall–Kier alpha value is 0.830. The van der Waals surface area contributed by atoms with Crippen molar-refractivity contribution in [1.29, 1.82) is 0 Å². The molecule has 0 N–H and O–H groups in total. The predicted octanol–water partition coefficient (Wildman–Crippen LogP) is 4.35. The minimum absolute atomic E-state index is 0. The van der Waals surface area contributed by atoms with Crippen LogP contribution in [0.1, 0.15) is 57.4 Å². The Bertz CT molecular complexity index is 286. The van der Waals surface area contributed by atoms with Crippen LogP contribution in [0.15, 0.2) is 29.2 Å². The zero-order valence-corrected chi connectivity index (χ0v) is 11.3. The van der Waals surface area contributed by atoms with E-state index in [-0.39, 0.29) is 37.7 Å². The fraction of sp³-hybridized carbons (Fsp3) is 0.600. The molecule has 0 fully saturated rings. The second-order valence-electron chi connectivity index (χ2n) is 4.50. The monoisotopic (exact) mass is 278 g/mol. The van der Waals surface area contributed by atoms with Crippen LogP contribution in [0.5, 0.6) is 0 Å². The van der Waals surface area contributed by atoms with Crippen molar-refractivity contribution in [1.82, 2.24) is 0 Å². The van der Waals surface area contributed by atoms with E-state index in [1.165, 1.54) is 56.9 Å². The molecule has 0 bridgehead atoms. The molecular weight excluding hydrogens is 252 g/mol. The average Bonchev–Trinajstić information content (AvgIpc) is 2.30. The van der Waals surface area contributed by atoms with E-state index in [1.54, 1.807) is 0 Å². The summed E-state index contributed by atoms with van der Waals surface area (Å²) < 4.78 is 0. The van der Waals surface area contributed by atoms with Crippen LogP contribution in [0, 0.1) is 0 Å². The Balaban J connectivity index is 0.00000256. The van der Waals surface area contributed by atoms with Crippen molar-refractivity contribution in [2.75, 3.05) is 0 Å². The predicted molar refractivity (Wildman–Crippen MR) is 83.9 cm³/mol. The Morgan fingerprint density at radius 1 is 0.882 bits per heavy atom. The third-order valence-electron chi connectivity index (χ3n) is 3.04. The summed E-state index contributed by atoms with van der Waals surface area (Å²) >= 11 is 4.47. The van der Waals surface area contributed by atoms with Gasteiger partial charge in [-0.15, -0.1) is 12.6 Å². The second kappa shape index (κ2) is 11.9. The summed E-state index contributed by atoms with van der Waals surface area (Å²) in [4.78, 5) is 1.15. The number of thiol groups is 1. The van der Waals surface area contributed by atoms with Gasteiger partial charge >= 0.3 is 37.7 Å². The van der Waals surface area contributed by atoms with Crippen molar-refractivity contribution >= 4 is 50.4 Å². The second-order valence-corrected chi connectivity index (χ2v) is 4.98. The summed E-state index contributed by atoms with van der Waals surface area (Å²) in [5, 5.41) is 0. The van der Waals surface area contributed by atoms with Crippen molar-refractivity contribution in [2.24, 2.45) is 0 Å². The van der Waals surface area contributed by atoms with Crippen molar-refractivity contribution in [3.8, 4) is 0 Å². The van der Waals surface area contributed by atoms with E-state index < -0.39 is 0 Å². The van der Waals surface area contributed by atoms with Crippen LogP contribution in [-0.2, 0) is 6.42 Å². The molecule has 0 aromatic heterocycles. The standard InChI is InChI=1S/C15H24S.Ca.2H/c1-2-3-4-5-6-7-8-11-14-12-9-10-13-15(14)16;;;/h9-10,12-13,16H,2-8,11H2,1H3;;;. The molecule has 0 heterocycles. The van der Waals surface area contributed by atoms with Crippen molar-refractivity contribution in [3.05, 3.63) is 29.8 Å². The molecule has 1 aromatic carbocycles. The van der Waals surface area contributed by atoms with Crippen LogP contribution < -0.4 is 0 Å². The third kappa shape index (κ3) is 8.53. The normalized spacial score (nSPS) is 10.0. The average molecular weight is 279 g/mol. The summed E-state index contributed by atoms with van der Waals surface area (Å²) in [5.74, 6) is 0. The first kappa shape index (κ1) is 17.8. The molecule has 0 nitrogen and oxygen atoms in total. The summed E-state index contributed by atoms with van der Waals surface area (Å²) in [6.07, 6.45) is 10.8. The zero-order chi connectivity index (χ0) is 11.6. The van der Waals surface area contributed by atoms with Gasteiger partial charge in [0.1, 0.15) is 0 Å². The van der Waals surface area contributed by atoms with Gasteiger partial charge in [0.25, 0.3) is 0 Å². The molecule has 94 valence electrons. The molecule has 0 aliphatic carbocycles. The van der Waals surface area contributed by atoms with Crippen LogP contribution in [0.25, 0.3) is 0 Å². The number of aryl methyl sites for hydroxylation is 1. The fourth-order valence-electron chi connectivity index (χ4n) is 1.99. The summed E-state index contributed by atoms with van der Waals surface area (Å²) in [6, 6.07) is 8.44. The van der Waals surface area contributed by atoms with Crippen LogP contribution in [0.3, 0.4) is 0 Å². The number of unbranched alkanes of at least 4 members (excludes halogenated alkanes) is 6. The molecule has 0 atom stereocenters. The van der Waals surface area contributed by atoms with Crippen LogP contribution in [-0.4, -0.2) is 37.7 Å². The van der Waals surface area contributed by atoms with Crippen molar-refractivity contribution in [3.63, 3.8) is 0 Å². The maximum absolute atomic E-state index is 4.47. The van der Waals surface area contributed by atoms with E-state index in [0.29, 0.717) is 0 Å². The number of benzene rings is 1. The van der Waals surface area contributed by atoms with Gasteiger partial charge in [-0.25, -0.2) is 0 Å². The zero-order valence-electron chi connectivity index (χ0n) is 10.4. The van der Waals surface area contributed by atoms with E-state index in [4.69, 9.17) is 0 Å². The van der Waals surface area contributed by atoms with Crippen LogP contribution >= 0.6 is 12.6 Å². The molecule has 0 radical (unpaired) electrons. The molecule has 1 aromatic rings. The van der Waals surface area contributed by atoms with E-state index >= 15 is 0 Å². The molecular formula is C15H26CaS. The van der Waals surface area contributed by atoms with E-state index in [9.17, 15) is 0 Å². The van der Waals surface area contributed by atoms with Gasteiger partial charge in [-0.1, -0.05) is 63.6 Å². The molecule has 0 aliphatic rings. The van der Waals surface area contributed by atoms with Gasteiger partial charge in [-0.3, -0.25) is 0 Å². The molecule has 1 rings (SSSR count). The van der Waals surface area contributed by atoms with Gasteiger partial charge in [0.05, 0.1) is 0 Å². The van der Waals surface area contributed by atoms with E-state index in [0.717, 1.165) is 4.90 Å². The third-order valence-corrected chi connectivity index (χ3v) is 3.48. The van der Waals surface area contributed by atoms with Gasteiger partial charge in [0.15, 0.2) is 0 Å². The number of hydrogen-bond donors (Lipinski definition) is 1. The van der Waals surface area contributed by atoms with Gasteiger partial charge in [-0.2, -0.15) is 0 Å². The molecule has 0 saturated carbocycles. The molecule has 0 saturated heterocycles. The Kier molecular flexibility index (Phi) is 12.5. The first-order chi connectivity index (χ1) is 7.84. The molecule has 0 unspecified atom stereocenters. The fourth-order valence-corrected chi connectivity index (χ4v) is 2.27. The van der Waals surface area contributed by atoms with Crippen molar-refractivity contribution in [2.45, 2.75) is 63.2 Å². The summed E-state index contributed by atoms with van der Waals surface area (Å²) in [6.45, 7) is 2.27. The minimum atomic E-state index is 0. The molecule has 0 amide bonds. The van der Waals surface area contributed by atoms with Gasteiger partial charge in [-0.05, 0) is 24.5 Å².